The fraction of sp³-hybridized carbons (Fsp3) is 0.267. The van der Waals surface area contributed by atoms with Crippen LogP contribution in [0.5, 0.6) is 0 Å². The standard InChI is InChI=1S/C15H13ClF2N2O/c1-8-3-4-10(21-8)7-20-14-12(19-15(20)9(2)16)6-5-11(17)13(14)18/h3-6,9H,7H2,1-2H3. The highest BCUT2D eigenvalue weighted by Crippen LogP contribution is 2.28. The molecule has 0 bridgehead atoms. The number of hydrogen-bond acceptors (Lipinski definition) is 2. The van der Waals surface area contributed by atoms with Gasteiger partial charge in [-0.1, -0.05) is 0 Å². The topological polar surface area (TPSA) is 31.0 Å². The Morgan fingerprint density at radius 1 is 1.29 bits per heavy atom. The summed E-state index contributed by atoms with van der Waals surface area (Å²) in [5.74, 6) is 0.0284. The Labute approximate surface area is 125 Å². The summed E-state index contributed by atoms with van der Waals surface area (Å²) >= 11 is 6.11. The summed E-state index contributed by atoms with van der Waals surface area (Å²) in [6, 6.07) is 6.12. The van der Waals surface area contributed by atoms with Gasteiger partial charge in [-0.05, 0) is 38.1 Å². The van der Waals surface area contributed by atoms with Crippen molar-refractivity contribution in [3.05, 3.63) is 53.2 Å². The van der Waals surface area contributed by atoms with Crippen LogP contribution in [0.3, 0.4) is 0 Å². The first-order chi connectivity index (χ1) is 9.97. The first-order valence-corrected chi connectivity index (χ1v) is 6.94. The molecule has 2 heterocycles. The van der Waals surface area contributed by atoms with E-state index >= 15 is 0 Å². The number of halogens is 3. The van der Waals surface area contributed by atoms with Crippen LogP contribution in [0, 0.1) is 18.6 Å². The lowest BCUT2D eigenvalue weighted by molar-refractivity contribution is 0.465. The third-order valence-electron chi connectivity index (χ3n) is 3.29. The molecule has 3 rings (SSSR count). The van der Waals surface area contributed by atoms with Crippen LogP contribution in [0.15, 0.2) is 28.7 Å². The third-order valence-corrected chi connectivity index (χ3v) is 3.49. The monoisotopic (exact) mass is 310 g/mol. The molecule has 3 nitrogen and oxygen atoms in total. The Morgan fingerprint density at radius 3 is 2.67 bits per heavy atom. The molecule has 0 aliphatic heterocycles. The largest absolute Gasteiger partial charge is 0.464 e. The van der Waals surface area contributed by atoms with E-state index < -0.39 is 17.0 Å². The third kappa shape index (κ3) is 2.42. The Morgan fingerprint density at radius 2 is 2.05 bits per heavy atom. The summed E-state index contributed by atoms with van der Waals surface area (Å²) < 4.78 is 34.7. The molecule has 1 unspecified atom stereocenters. The summed E-state index contributed by atoms with van der Waals surface area (Å²) in [6.07, 6.45) is 0. The lowest BCUT2D eigenvalue weighted by atomic mass is 10.3. The van der Waals surface area contributed by atoms with Gasteiger partial charge in [-0.25, -0.2) is 13.8 Å². The van der Waals surface area contributed by atoms with Crippen molar-refractivity contribution in [1.29, 1.82) is 0 Å². The van der Waals surface area contributed by atoms with Gasteiger partial charge in [0.2, 0.25) is 0 Å². The van der Waals surface area contributed by atoms with E-state index in [1.165, 1.54) is 6.07 Å². The lowest BCUT2D eigenvalue weighted by Crippen LogP contribution is -2.06. The van der Waals surface area contributed by atoms with Crippen LogP contribution < -0.4 is 0 Å². The molecule has 2 aromatic heterocycles. The van der Waals surface area contributed by atoms with Crippen LogP contribution in [0.2, 0.25) is 0 Å². The molecule has 0 amide bonds. The highest BCUT2D eigenvalue weighted by Gasteiger charge is 2.20. The van der Waals surface area contributed by atoms with E-state index in [2.05, 4.69) is 4.98 Å². The summed E-state index contributed by atoms with van der Waals surface area (Å²) in [7, 11) is 0. The second kappa shape index (κ2) is 5.15. The second-order valence-corrected chi connectivity index (χ2v) is 5.57. The van der Waals surface area contributed by atoms with E-state index in [0.717, 1.165) is 11.8 Å². The van der Waals surface area contributed by atoms with Crippen molar-refractivity contribution < 1.29 is 13.2 Å². The van der Waals surface area contributed by atoms with Gasteiger partial charge in [0.15, 0.2) is 11.6 Å². The zero-order valence-corrected chi connectivity index (χ0v) is 12.3. The second-order valence-electron chi connectivity index (χ2n) is 4.91. The minimum Gasteiger partial charge on any atom is -0.464 e. The van der Waals surface area contributed by atoms with Crippen molar-refractivity contribution in [2.75, 3.05) is 0 Å². The molecule has 1 aromatic carbocycles. The molecule has 0 N–H and O–H groups in total. The van der Waals surface area contributed by atoms with Gasteiger partial charge in [0.05, 0.1) is 17.4 Å². The lowest BCUT2D eigenvalue weighted by Gasteiger charge is -2.09. The molecule has 0 radical (unpaired) electrons. The van der Waals surface area contributed by atoms with Crippen molar-refractivity contribution in [2.24, 2.45) is 0 Å². The molecule has 110 valence electrons. The predicted octanol–water partition coefficient (Wildman–Crippen LogP) is 4.56. The number of aryl methyl sites for hydroxylation is 1. The van der Waals surface area contributed by atoms with Gasteiger partial charge < -0.3 is 8.98 Å². The Kier molecular flexibility index (Phi) is 3.45. The minimum absolute atomic E-state index is 0.103. The van der Waals surface area contributed by atoms with E-state index in [9.17, 15) is 8.78 Å². The number of alkyl halides is 1. The van der Waals surface area contributed by atoms with E-state index in [1.807, 2.05) is 13.0 Å². The average Bonchev–Trinajstić information content (AvgIpc) is 2.99. The Hall–Kier alpha value is -1.88. The number of furan rings is 1. The molecule has 0 spiro atoms. The molecule has 0 saturated carbocycles. The van der Waals surface area contributed by atoms with Gasteiger partial charge in [0, 0.05) is 0 Å². The Bertz CT molecular complexity index is 807. The zero-order valence-electron chi connectivity index (χ0n) is 11.5. The highest BCUT2D eigenvalue weighted by molar-refractivity contribution is 6.20. The maximum atomic E-state index is 14.1. The van der Waals surface area contributed by atoms with E-state index in [4.69, 9.17) is 16.0 Å². The van der Waals surface area contributed by atoms with Crippen molar-refractivity contribution in [2.45, 2.75) is 25.8 Å². The van der Waals surface area contributed by atoms with Gasteiger partial charge in [-0.2, -0.15) is 0 Å². The molecule has 0 aliphatic carbocycles. The van der Waals surface area contributed by atoms with Crippen LogP contribution in [-0.2, 0) is 6.54 Å². The van der Waals surface area contributed by atoms with Gasteiger partial charge in [0.1, 0.15) is 22.9 Å². The summed E-state index contributed by atoms with van der Waals surface area (Å²) in [6.45, 7) is 3.80. The number of nitrogens with zero attached hydrogens (tertiary/aromatic N) is 2. The first kappa shape index (κ1) is 14.1. The maximum Gasteiger partial charge on any atom is 0.184 e. The van der Waals surface area contributed by atoms with E-state index in [1.54, 1.807) is 17.6 Å². The van der Waals surface area contributed by atoms with E-state index in [0.29, 0.717) is 17.1 Å². The number of benzene rings is 1. The highest BCUT2D eigenvalue weighted by atomic mass is 35.5. The SMILES string of the molecule is Cc1ccc(Cn2c(C(C)Cl)nc3ccc(F)c(F)c32)o1. The molecule has 0 fully saturated rings. The molecular weight excluding hydrogens is 298 g/mol. The number of hydrogen-bond donors (Lipinski definition) is 0. The maximum absolute atomic E-state index is 14.1. The molecule has 21 heavy (non-hydrogen) atoms. The van der Waals surface area contributed by atoms with Gasteiger partial charge in [-0.3, -0.25) is 0 Å². The van der Waals surface area contributed by atoms with Crippen molar-refractivity contribution in [3.63, 3.8) is 0 Å². The molecule has 3 aromatic rings. The summed E-state index contributed by atoms with van der Waals surface area (Å²) in [5, 5.41) is -0.434. The smallest absolute Gasteiger partial charge is 0.184 e. The molecule has 0 saturated heterocycles. The van der Waals surface area contributed by atoms with Crippen molar-refractivity contribution in [1.82, 2.24) is 9.55 Å². The van der Waals surface area contributed by atoms with Gasteiger partial charge >= 0.3 is 0 Å². The normalized spacial score (nSPS) is 13.0. The quantitative estimate of drug-likeness (QED) is 0.664. The summed E-state index contributed by atoms with van der Waals surface area (Å²) in [5.41, 5.74) is 0.478. The first-order valence-electron chi connectivity index (χ1n) is 6.51. The molecule has 1 atom stereocenters. The van der Waals surface area contributed by atoms with Crippen LogP contribution in [0.1, 0.15) is 29.6 Å². The number of rotatable bonds is 3. The minimum atomic E-state index is -0.924. The van der Waals surface area contributed by atoms with Crippen LogP contribution >= 0.6 is 11.6 Å². The number of imidazole rings is 1. The fourth-order valence-corrected chi connectivity index (χ4v) is 2.53. The average molecular weight is 311 g/mol. The fourth-order valence-electron chi connectivity index (χ4n) is 2.36. The molecule has 6 heteroatoms. The predicted molar refractivity (Wildman–Crippen MR) is 76.5 cm³/mol. The van der Waals surface area contributed by atoms with Crippen molar-refractivity contribution >= 4 is 22.6 Å². The van der Waals surface area contributed by atoms with E-state index in [-0.39, 0.29) is 12.1 Å². The number of fused-ring (bicyclic) bond motifs is 1. The Balaban J connectivity index is 2.22. The zero-order chi connectivity index (χ0) is 15.1. The molecular formula is C15H13ClF2N2O. The van der Waals surface area contributed by atoms with Crippen LogP contribution in [0.4, 0.5) is 8.78 Å². The van der Waals surface area contributed by atoms with Crippen LogP contribution in [0.25, 0.3) is 11.0 Å². The van der Waals surface area contributed by atoms with Gasteiger partial charge in [-0.15, -0.1) is 11.6 Å². The summed E-state index contributed by atoms with van der Waals surface area (Å²) in [4.78, 5) is 4.30. The van der Waals surface area contributed by atoms with Gasteiger partial charge in [0.25, 0.3) is 0 Å². The van der Waals surface area contributed by atoms with Crippen molar-refractivity contribution in [3.8, 4) is 0 Å². The number of aromatic nitrogens is 2. The van der Waals surface area contributed by atoms with Crippen LogP contribution in [-0.4, -0.2) is 9.55 Å². The molecule has 0 aliphatic rings.